The Balaban J connectivity index is 1.42. The van der Waals surface area contributed by atoms with Gasteiger partial charge in [-0.1, -0.05) is 42.5 Å². The van der Waals surface area contributed by atoms with Crippen molar-refractivity contribution in [3.05, 3.63) is 94.4 Å². The Morgan fingerprint density at radius 1 is 0.857 bits per heavy atom. The van der Waals surface area contributed by atoms with E-state index in [4.69, 9.17) is 9.47 Å². The van der Waals surface area contributed by atoms with Crippen molar-refractivity contribution in [2.75, 3.05) is 19.8 Å². The summed E-state index contributed by atoms with van der Waals surface area (Å²) in [5.41, 5.74) is 1.67. The first-order valence-electron chi connectivity index (χ1n) is 12.0. The molecule has 1 atom stereocenters. The molecule has 3 heterocycles. The molecule has 1 amide bonds. The number of aromatic nitrogens is 2. The number of hydrogen-bond donors (Lipinski definition) is 0. The summed E-state index contributed by atoms with van der Waals surface area (Å²) in [4.78, 5) is 29.1. The molecule has 1 fully saturated rings. The van der Waals surface area contributed by atoms with Crippen molar-refractivity contribution in [1.29, 1.82) is 0 Å². The van der Waals surface area contributed by atoms with Crippen molar-refractivity contribution in [3.8, 4) is 17.2 Å². The van der Waals surface area contributed by atoms with Crippen molar-refractivity contribution in [2.24, 2.45) is 0 Å². The van der Waals surface area contributed by atoms with E-state index in [1.165, 1.54) is 4.68 Å². The average Bonchev–Trinajstić information content (AvgIpc) is 3.28. The fourth-order valence-corrected chi connectivity index (χ4v) is 4.97. The number of para-hydroxylation sites is 1. The van der Waals surface area contributed by atoms with Gasteiger partial charge in [-0.15, -0.1) is 0 Å². The van der Waals surface area contributed by atoms with Gasteiger partial charge in [0.2, 0.25) is 0 Å². The molecule has 0 spiro atoms. The summed E-state index contributed by atoms with van der Waals surface area (Å²) in [6.45, 7) is 1.87. The van der Waals surface area contributed by atoms with Gasteiger partial charge in [0.05, 0.1) is 30.3 Å². The van der Waals surface area contributed by atoms with Crippen LogP contribution in [-0.2, 0) is 0 Å². The quantitative estimate of drug-likeness (QED) is 0.443. The van der Waals surface area contributed by atoms with E-state index in [1.54, 1.807) is 12.1 Å². The fourth-order valence-electron chi connectivity index (χ4n) is 4.97. The van der Waals surface area contributed by atoms with Crippen LogP contribution in [0.25, 0.3) is 16.5 Å². The molecule has 1 saturated heterocycles. The van der Waals surface area contributed by atoms with Gasteiger partial charge < -0.3 is 14.4 Å². The van der Waals surface area contributed by atoms with Gasteiger partial charge in [0.1, 0.15) is 0 Å². The van der Waals surface area contributed by atoms with E-state index in [2.05, 4.69) is 5.10 Å². The summed E-state index contributed by atoms with van der Waals surface area (Å²) in [5, 5.41) is 5.64. The molecule has 1 aromatic heterocycles. The number of rotatable bonds is 3. The van der Waals surface area contributed by atoms with Gasteiger partial charge in [0.25, 0.3) is 11.5 Å². The molecular formula is C28H25N3O4. The van der Waals surface area contributed by atoms with Crippen LogP contribution in [0.1, 0.15) is 41.4 Å². The predicted octanol–water partition coefficient (Wildman–Crippen LogP) is 4.52. The molecule has 0 N–H and O–H groups in total. The second-order valence-corrected chi connectivity index (χ2v) is 8.86. The molecule has 0 bridgehead atoms. The van der Waals surface area contributed by atoms with Crippen LogP contribution in [0.3, 0.4) is 0 Å². The van der Waals surface area contributed by atoms with E-state index in [1.807, 2.05) is 65.6 Å². The standard InChI is InChI=1S/C28H25N3O4/c32-27-22-11-5-4-10-21(22)26(29-31(27)20-8-2-1-3-9-20)28(33)30-15-6-12-23(30)19-13-14-24-25(18-19)35-17-7-16-34-24/h1-5,8-11,13-14,18,23H,6-7,12,15-17H2. The molecule has 6 rings (SSSR count). The third kappa shape index (κ3) is 3.83. The van der Waals surface area contributed by atoms with E-state index in [9.17, 15) is 9.59 Å². The van der Waals surface area contributed by atoms with Crippen LogP contribution < -0.4 is 15.0 Å². The second-order valence-electron chi connectivity index (χ2n) is 8.86. The number of nitrogens with zero attached hydrogens (tertiary/aromatic N) is 3. The highest BCUT2D eigenvalue weighted by Gasteiger charge is 2.33. The van der Waals surface area contributed by atoms with Crippen molar-refractivity contribution in [3.63, 3.8) is 0 Å². The normalized spacial score (nSPS) is 17.4. The molecule has 0 saturated carbocycles. The molecule has 1 unspecified atom stereocenters. The number of fused-ring (bicyclic) bond motifs is 2. The van der Waals surface area contributed by atoms with Gasteiger partial charge in [-0.05, 0) is 48.7 Å². The van der Waals surface area contributed by atoms with Gasteiger partial charge >= 0.3 is 0 Å². The summed E-state index contributed by atoms with van der Waals surface area (Å²) >= 11 is 0. The Kier molecular flexibility index (Phi) is 5.45. The molecule has 7 heteroatoms. The number of likely N-dealkylation sites (tertiary alicyclic amines) is 1. The van der Waals surface area contributed by atoms with Crippen LogP contribution in [0.2, 0.25) is 0 Å². The molecule has 3 aromatic carbocycles. The van der Waals surface area contributed by atoms with Crippen LogP contribution in [0.15, 0.2) is 77.6 Å². The summed E-state index contributed by atoms with van der Waals surface area (Å²) in [6, 6.07) is 22.2. The highest BCUT2D eigenvalue weighted by molar-refractivity contribution is 6.05. The minimum atomic E-state index is -0.246. The highest BCUT2D eigenvalue weighted by atomic mass is 16.5. The molecule has 0 radical (unpaired) electrons. The van der Waals surface area contributed by atoms with Gasteiger partial charge in [0.15, 0.2) is 17.2 Å². The van der Waals surface area contributed by atoms with Crippen molar-refractivity contribution >= 4 is 16.7 Å². The minimum Gasteiger partial charge on any atom is -0.490 e. The Labute approximate surface area is 202 Å². The lowest BCUT2D eigenvalue weighted by Gasteiger charge is -2.26. The fraction of sp³-hybridized carbons (Fsp3) is 0.250. The number of ether oxygens (including phenoxy) is 2. The maximum absolute atomic E-state index is 14.0. The highest BCUT2D eigenvalue weighted by Crippen LogP contribution is 2.38. The van der Waals surface area contributed by atoms with Gasteiger partial charge in [-0.25, -0.2) is 0 Å². The zero-order chi connectivity index (χ0) is 23.8. The summed E-state index contributed by atoms with van der Waals surface area (Å²) in [6.07, 6.45) is 2.58. The van der Waals surface area contributed by atoms with Gasteiger partial charge in [0, 0.05) is 18.4 Å². The van der Waals surface area contributed by atoms with Gasteiger partial charge in [-0.2, -0.15) is 9.78 Å². The smallest absolute Gasteiger partial charge is 0.279 e. The van der Waals surface area contributed by atoms with E-state index in [0.717, 1.165) is 36.3 Å². The van der Waals surface area contributed by atoms with E-state index in [0.29, 0.717) is 36.2 Å². The number of hydrogen-bond acceptors (Lipinski definition) is 5. The number of amides is 1. The van der Waals surface area contributed by atoms with E-state index in [-0.39, 0.29) is 23.2 Å². The predicted molar refractivity (Wildman–Crippen MR) is 132 cm³/mol. The van der Waals surface area contributed by atoms with E-state index < -0.39 is 0 Å². The summed E-state index contributed by atoms with van der Waals surface area (Å²) in [7, 11) is 0. The zero-order valence-corrected chi connectivity index (χ0v) is 19.2. The number of carbonyl (C=O) groups excluding carboxylic acids is 1. The topological polar surface area (TPSA) is 73.7 Å². The molecule has 2 aliphatic heterocycles. The molecule has 7 nitrogen and oxygen atoms in total. The molecule has 176 valence electrons. The van der Waals surface area contributed by atoms with Crippen LogP contribution in [0.4, 0.5) is 0 Å². The molecule has 35 heavy (non-hydrogen) atoms. The lowest BCUT2D eigenvalue weighted by atomic mass is 10.0. The first kappa shape index (κ1) is 21.4. The van der Waals surface area contributed by atoms with Gasteiger partial charge in [-0.3, -0.25) is 9.59 Å². The first-order valence-corrected chi connectivity index (χ1v) is 12.0. The maximum Gasteiger partial charge on any atom is 0.279 e. The van der Waals surface area contributed by atoms with Crippen molar-refractivity contribution < 1.29 is 14.3 Å². The largest absolute Gasteiger partial charge is 0.490 e. The maximum atomic E-state index is 14.0. The number of benzene rings is 3. The Bertz CT molecular complexity index is 1460. The van der Waals surface area contributed by atoms with Crippen molar-refractivity contribution in [1.82, 2.24) is 14.7 Å². The Hall–Kier alpha value is -4.13. The molecular weight excluding hydrogens is 442 g/mol. The second kappa shape index (κ2) is 8.91. The van der Waals surface area contributed by atoms with Crippen LogP contribution >= 0.6 is 0 Å². The van der Waals surface area contributed by atoms with Crippen LogP contribution in [0.5, 0.6) is 11.5 Å². The zero-order valence-electron chi connectivity index (χ0n) is 19.2. The Morgan fingerprint density at radius 3 is 2.43 bits per heavy atom. The Morgan fingerprint density at radius 2 is 1.60 bits per heavy atom. The number of carbonyl (C=O) groups is 1. The summed E-state index contributed by atoms with van der Waals surface area (Å²) < 4.78 is 13.0. The molecule has 4 aromatic rings. The SMILES string of the molecule is O=C(c1nn(-c2ccccc2)c(=O)c2ccccc12)N1CCCC1c1ccc2c(c1)OCCCO2. The third-order valence-electron chi connectivity index (χ3n) is 6.68. The monoisotopic (exact) mass is 467 g/mol. The molecule has 0 aliphatic carbocycles. The lowest BCUT2D eigenvalue weighted by molar-refractivity contribution is 0.0729. The minimum absolute atomic E-state index is 0.0997. The average molecular weight is 468 g/mol. The van der Waals surface area contributed by atoms with Crippen LogP contribution in [-0.4, -0.2) is 40.3 Å². The van der Waals surface area contributed by atoms with Crippen LogP contribution in [0, 0.1) is 0 Å². The van der Waals surface area contributed by atoms with E-state index >= 15 is 0 Å². The first-order chi connectivity index (χ1) is 17.2. The summed E-state index contributed by atoms with van der Waals surface area (Å²) in [5.74, 6) is 1.28. The lowest BCUT2D eigenvalue weighted by Crippen LogP contribution is -2.34. The van der Waals surface area contributed by atoms with Crippen molar-refractivity contribution in [2.45, 2.75) is 25.3 Å². The molecule has 2 aliphatic rings. The third-order valence-corrected chi connectivity index (χ3v) is 6.68.